The fourth-order valence-electron chi connectivity index (χ4n) is 4.45. The molecular weight excluding hydrogens is 575 g/mol. The Morgan fingerprint density at radius 1 is 1.00 bits per heavy atom. The number of carbonyl (C=O) groups is 2. The number of ether oxygens (including phenoxy) is 1. The number of alkyl halides is 7. The van der Waals surface area contributed by atoms with Crippen molar-refractivity contribution in [2.24, 2.45) is 0 Å². The number of rotatable bonds is 7. The van der Waals surface area contributed by atoms with Crippen LogP contribution in [0.25, 0.3) is 0 Å². The van der Waals surface area contributed by atoms with E-state index in [1.807, 2.05) is 29.6 Å². The second-order valence-corrected chi connectivity index (χ2v) is 9.71. The Hall–Kier alpha value is -4.30. The molecule has 1 saturated heterocycles. The molecule has 2 aromatic carbocycles. The standard InChI is InChI=1S/C27H26F7N5O3/c1-42-21-4-2-16(3-5-21)13-39-14-17(12-35-39)8-24(40)38-7-6-23(22(28)15-38)37-25(41)36-20-10-18(26(29,30)31)9-19(11-20)27(32,33)34/h2-5,9-12,14,22-23H,6-8,13,15H2,1H3,(H2,36,37,41). The van der Waals surface area contributed by atoms with Crippen molar-refractivity contribution < 1.29 is 45.1 Å². The van der Waals surface area contributed by atoms with Gasteiger partial charge in [-0.2, -0.15) is 31.4 Å². The van der Waals surface area contributed by atoms with E-state index >= 15 is 0 Å². The molecule has 8 nitrogen and oxygen atoms in total. The Labute approximate surface area is 235 Å². The fourth-order valence-corrected chi connectivity index (χ4v) is 4.45. The Kier molecular flexibility index (Phi) is 8.97. The minimum Gasteiger partial charge on any atom is -0.497 e. The largest absolute Gasteiger partial charge is 0.497 e. The van der Waals surface area contributed by atoms with Crippen LogP contribution in [0.3, 0.4) is 0 Å². The molecule has 0 bridgehead atoms. The van der Waals surface area contributed by atoms with Gasteiger partial charge >= 0.3 is 18.4 Å². The van der Waals surface area contributed by atoms with Crippen LogP contribution in [0.15, 0.2) is 54.9 Å². The third-order valence-electron chi connectivity index (χ3n) is 6.60. The van der Waals surface area contributed by atoms with E-state index in [1.165, 1.54) is 11.1 Å². The minimum absolute atomic E-state index is 0.0204. The molecule has 4 rings (SSSR count). The molecule has 1 fully saturated rings. The van der Waals surface area contributed by atoms with Crippen LogP contribution >= 0.6 is 0 Å². The highest BCUT2D eigenvalue weighted by molar-refractivity contribution is 5.89. The van der Waals surface area contributed by atoms with Crippen molar-refractivity contribution in [1.29, 1.82) is 0 Å². The SMILES string of the molecule is COc1ccc(Cn2cc(CC(=O)N3CCC(NC(=O)Nc4cc(C(F)(F)F)cc(C(F)(F)F)c4)C(F)C3)cn2)cc1. The molecule has 15 heteroatoms. The smallest absolute Gasteiger partial charge is 0.416 e. The highest BCUT2D eigenvalue weighted by atomic mass is 19.4. The molecule has 0 aliphatic carbocycles. The predicted molar refractivity (Wildman–Crippen MR) is 137 cm³/mol. The predicted octanol–water partition coefficient (Wildman–Crippen LogP) is 5.28. The van der Waals surface area contributed by atoms with E-state index in [1.54, 1.807) is 18.0 Å². The number of anilines is 1. The molecule has 2 unspecified atom stereocenters. The Morgan fingerprint density at radius 3 is 2.21 bits per heavy atom. The zero-order valence-electron chi connectivity index (χ0n) is 22.1. The number of methoxy groups -OCH3 is 1. The van der Waals surface area contributed by atoms with Crippen LogP contribution in [0.5, 0.6) is 5.75 Å². The first-order valence-corrected chi connectivity index (χ1v) is 12.6. The van der Waals surface area contributed by atoms with Gasteiger partial charge in [-0.3, -0.25) is 9.48 Å². The van der Waals surface area contributed by atoms with Gasteiger partial charge in [-0.15, -0.1) is 0 Å². The number of aromatic nitrogens is 2. The number of nitrogens with zero attached hydrogens (tertiary/aromatic N) is 3. The maximum Gasteiger partial charge on any atom is 0.416 e. The number of carbonyl (C=O) groups excluding carboxylic acids is 2. The summed E-state index contributed by atoms with van der Waals surface area (Å²) in [6, 6.07) is 5.72. The van der Waals surface area contributed by atoms with Gasteiger partial charge in [0.2, 0.25) is 5.91 Å². The normalized spacial score (nSPS) is 17.6. The number of piperidine rings is 1. The monoisotopic (exact) mass is 601 g/mol. The summed E-state index contributed by atoms with van der Waals surface area (Å²) >= 11 is 0. The lowest BCUT2D eigenvalue weighted by Gasteiger charge is -2.35. The summed E-state index contributed by atoms with van der Waals surface area (Å²) in [5.74, 6) is 0.347. The molecule has 0 saturated carbocycles. The van der Waals surface area contributed by atoms with Gasteiger partial charge in [0, 0.05) is 18.4 Å². The fraction of sp³-hybridized carbons (Fsp3) is 0.370. The number of benzene rings is 2. The minimum atomic E-state index is -5.09. The molecule has 1 aliphatic rings. The average Bonchev–Trinajstić information content (AvgIpc) is 3.35. The molecule has 2 atom stereocenters. The number of hydrogen-bond acceptors (Lipinski definition) is 4. The van der Waals surface area contributed by atoms with Crippen LogP contribution in [0, 0.1) is 0 Å². The van der Waals surface area contributed by atoms with Crippen molar-refractivity contribution in [2.45, 2.75) is 44.0 Å². The Morgan fingerprint density at radius 2 is 1.64 bits per heavy atom. The maximum absolute atomic E-state index is 14.9. The van der Waals surface area contributed by atoms with Gasteiger partial charge in [-0.05, 0) is 47.9 Å². The Bertz CT molecular complexity index is 1370. The van der Waals surface area contributed by atoms with Crippen LogP contribution in [-0.4, -0.2) is 59.0 Å². The lowest BCUT2D eigenvalue weighted by atomic mass is 10.0. The van der Waals surface area contributed by atoms with Gasteiger partial charge in [-0.25, -0.2) is 9.18 Å². The molecule has 0 spiro atoms. The summed E-state index contributed by atoms with van der Waals surface area (Å²) in [7, 11) is 1.57. The molecule has 2 heterocycles. The lowest BCUT2D eigenvalue weighted by molar-refractivity contribution is -0.143. The van der Waals surface area contributed by atoms with Crippen LogP contribution in [0.1, 0.15) is 28.7 Å². The highest BCUT2D eigenvalue weighted by Gasteiger charge is 2.37. The topological polar surface area (TPSA) is 88.5 Å². The number of halogens is 7. The summed E-state index contributed by atoms with van der Waals surface area (Å²) in [6.45, 7) is 0.180. The second-order valence-electron chi connectivity index (χ2n) is 9.71. The number of hydrogen-bond donors (Lipinski definition) is 2. The number of urea groups is 1. The summed E-state index contributed by atoms with van der Waals surface area (Å²) in [5, 5.41) is 8.39. The quantitative estimate of drug-likeness (QED) is 0.361. The van der Waals surface area contributed by atoms with Crippen LogP contribution in [0.4, 0.5) is 41.2 Å². The van der Waals surface area contributed by atoms with Crippen molar-refractivity contribution in [1.82, 2.24) is 20.0 Å². The van der Waals surface area contributed by atoms with E-state index in [4.69, 9.17) is 4.74 Å². The van der Waals surface area contributed by atoms with E-state index < -0.39 is 47.4 Å². The van der Waals surface area contributed by atoms with Gasteiger partial charge in [0.15, 0.2) is 0 Å². The lowest BCUT2D eigenvalue weighted by Crippen LogP contribution is -2.54. The molecule has 3 amide bonds. The third-order valence-corrected chi connectivity index (χ3v) is 6.60. The molecule has 1 aliphatic heterocycles. The second kappa shape index (κ2) is 12.3. The maximum atomic E-state index is 14.9. The number of likely N-dealkylation sites (tertiary alicyclic amines) is 1. The van der Waals surface area contributed by atoms with Gasteiger partial charge in [0.25, 0.3) is 0 Å². The van der Waals surface area contributed by atoms with Gasteiger partial charge in [0.1, 0.15) is 11.9 Å². The van der Waals surface area contributed by atoms with Crippen LogP contribution < -0.4 is 15.4 Å². The van der Waals surface area contributed by atoms with E-state index in [0.717, 1.165) is 5.56 Å². The van der Waals surface area contributed by atoms with Gasteiger partial charge in [-0.1, -0.05) is 12.1 Å². The summed E-state index contributed by atoms with van der Waals surface area (Å²) in [6.07, 6.45) is -8.73. The van der Waals surface area contributed by atoms with Crippen molar-refractivity contribution in [3.8, 4) is 5.75 Å². The number of amides is 3. The van der Waals surface area contributed by atoms with E-state index in [9.17, 15) is 40.3 Å². The van der Waals surface area contributed by atoms with Crippen molar-refractivity contribution in [3.63, 3.8) is 0 Å². The molecule has 1 aromatic heterocycles. The molecule has 0 radical (unpaired) electrons. The van der Waals surface area contributed by atoms with Gasteiger partial charge in [0.05, 0.1) is 50.0 Å². The van der Waals surface area contributed by atoms with E-state index in [0.29, 0.717) is 30.0 Å². The van der Waals surface area contributed by atoms with Crippen LogP contribution in [-0.2, 0) is 30.1 Å². The first-order chi connectivity index (χ1) is 19.7. The zero-order chi connectivity index (χ0) is 30.7. The first-order valence-electron chi connectivity index (χ1n) is 12.6. The van der Waals surface area contributed by atoms with Crippen LogP contribution in [0.2, 0.25) is 0 Å². The van der Waals surface area contributed by atoms with Crippen molar-refractivity contribution in [2.75, 3.05) is 25.5 Å². The highest BCUT2D eigenvalue weighted by Crippen LogP contribution is 2.37. The molecule has 226 valence electrons. The molecular formula is C27H26F7N5O3. The Balaban J connectivity index is 1.30. The number of nitrogens with one attached hydrogen (secondary N) is 2. The van der Waals surface area contributed by atoms with E-state index in [2.05, 4.69) is 10.4 Å². The summed E-state index contributed by atoms with van der Waals surface area (Å²) < 4.78 is 100. The van der Waals surface area contributed by atoms with Crippen molar-refractivity contribution in [3.05, 3.63) is 77.1 Å². The molecule has 42 heavy (non-hydrogen) atoms. The zero-order valence-corrected chi connectivity index (χ0v) is 22.1. The summed E-state index contributed by atoms with van der Waals surface area (Å²) in [4.78, 5) is 26.4. The van der Waals surface area contributed by atoms with Crippen molar-refractivity contribution >= 4 is 17.6 Å². The summed E-state index contributed by atoms with van der Waals surface area (Å²) in [5.41, 5.74) is -2.39. The first kappa shape index (κ1) is 30.7. The molecule has 3 aromatic rings. The third kappa shape index (κ3) is 7.91. The molecule has 2 N–H and O–H groups in total. The van der Waals surface area contributed by atoms with Gasteiger partial charge < -0.3 is 20.3 Å². The average molecular weight is 602 g/mol. The van der Waals surface area contributed by atoms with E-state index in [-0.39, 0.29) is 37.9 Å².